The zero-order chi connectivity index (χ0) is 22.1. The maximum Gasteiger partial charge on any atom is 0.341 e. The fourth-order valence-electron chi connectivity index (χ4n) is 2.72. The normalized spacial score (nSPS) is 11.9. The SMILES string of the molecule is CC(C)(C)c1nc2ccc(Br)cc2c(=O)n1N=Cc1ccc(OCC(=O)O)c(Cl)c1. The number of nitrogens with zero attached hydrogens (tertiary/aromatic N) is 3. The predicted octanol–water partition coefficient (Wildman–Crippen LogP) is 4.46. The lowest BCUT2D eigenvalue weighted by atomic mass is 9.95. The molecule has 0 saturated heterocycles. The molecule has 9 heteroatoms. The molecule has 7 nitrogen and oxygen atoms in total. The first-order chi connectivity index (χ1) is 14.1. The third kappa shape index (κ3) is 4.88. The smallest absolute Gasteiger partial charge is 0.341 e. The number of benzene rings is 2. The summed E-state index contributed by atoms with van der Waals surface area (Å²) in [5, 5.41) is 13.8. The van der Waals surface area contributed by atoms with Crippen molar-refractivity contribution in [2.24, 2.45) is 5.10 Å². The van der Waals surface area contributed by atoms with Crippen molar-refractivity contribution in [2.75, 3.05) is 6.61 Å². The minimum atomic E-state index is -1.10. The molecule has 0 bridgehead atoms. The van der Waals surface area contributed by atoms with Gasteiger partial charge in [-0.1, -0.05) is 48.3 Å². The van der Waals surface area contributed by atoms with E-state index in [1.165, 1.54) is 10.9 Å². The van der Waals surface area contributed by atoms with Crippen LogP contribution in [-0.2, 0) is 10.2 Å². The van der Waals surface area contributed by atoms with Crippen LogP contribution in [0.5, 0.6) is 5.75 Å². The van der Waals surface area contributed by atoms with Gasteiger partial charge >= 0.3 is 5.97 Å². The van der Waals surface area contributed by atoms with E-state index in [0.717, 1.165) is 4.47 Å². The summed E-state index contributed by atoms with van der Waals surface area (Å²) < 4.78 is 7.18. The molecule has 0 unspecified atom stereocenters. The van der Waals surface area contributed by atoms with Crippen molar-refractivity contribution in [3.8, 4) is 5.75 Å². The van der Waals surface area contributed by atoms with Gasteiger partial charge < -0.3 is 9.84 Å². The largest absolute Gasteiger partial charge is 0.480 e. The highest BCUT2D eigenvalue weighted by molar-refractivity contribution is 9.10. The lowest BCUT2D eigenvalue weighted by molar-refractivity contribution is -0.139. The van der Waals surface area contributed by atoms with E-state index in [2.05, 4.69) is 26.0 Å². The van der Waals surface area contributed by atoms with Crippen LogP contribution in [0.3, 0.4) is 0 Å². The van der Waals surface area contributed by atoms with E-state index in [1.54, 1.807) is 30.3 Å². The number of halogens is 2. The fraction of sp³-hybridized carbons (Fsp3) is 0.238. The van der Waals surface area contributed by atoms with Crippen molar-refractivity contribution in [2.45, 2.75) is 26.2 Å². The van der Waals surface area contributed by atoms with Crippen molar-refractivity contribution >= 4 is 50.6 Å². The maximum atomic E-state index is 13.1. The molecule has 1 aromatic heterocycles. The zero-order valence-electron chi connectivity index (χ0n) is 16.5. The van der Waals surface area contributed by atoms with Crippen molar-refractivity contribution in [3.63, 3.8) is 0 Å². The number of rotatable bonds is 5. The van der Waals surface area contributed by atoms with Crippen LogP contribution < -0.4 is 10.3 Å². The van der Waals surface area contributed by atoms with E-state index in [9.17, 15) is 9.59 Å². The molecule has 156 valence electrons. The van der Waals surface area contributed by atoms with Crippen molar-refractivity contribution < 1.29 is 14.6 Å². The minimum absolute atomic E-state index is 0.240. The number of carboxylic acids is 1. The van der Waals surface area contributed by atoms with Crippen LogP contribution in [0.15, 0.2) is 50.8 Å². The zero-order valence-corrected chi connectivity index (χ0v) is 18.9. The quantitative estimate of drug-likeness (QED) is 0.531. The monoisotopic (exact) mass is 491 g/mol. The van der Waals surface area contributed by atoms with E-state index >= 15 is 0 Å². The van der Waals surface area contributed by atoms with Gasteiger partial charge in [0.1, 0.15) is 11.6 Å². The van der Waals surface area contributed by atoms with Crippen LogP contribution in [0.2, 0.25) is 5.02 Å². The number of hydrogen-bond acceptors (Lipinski definition) is 5. The average molecular weight is 493 g/mol. The number of carbonyl (C=O) groups is 1. The molecule has 0 fully saturated rings. The van der Waals surface area contributed by atoms with E-state index in [1.807, 2.05) is 26.8 Å². The Labute approximate surface area is 186 Å². The van der Waals surface area contributed by atoms with Crippen LogP contribution in [-0.4, -0.2) is 33.6 Å². The summed E-state index contributed by atoms with van der Waals surface area (Å²) in [5.41, 5.74) is 0.505. The molecule has 0 spiro atoms. The Morgan fingerprint density at radius 3 is 2.67 bits per heavy atom. The summed E-state index contributed by atoms with van der Waals surface area (Å²) in [6, 6.07) is 10.1. The van der Waals surface area contributed by atoms with Gasteiger partial charge in [0, 0.05) is 9.89 Å². The molecule has 30 heavy (non-hydrogen) atoms. The van der Waals surface area contributed by atoms with Gasteiger partial charge in [-0.25, -0.2) is 9.78 Å². The molecule has 1 N–H and O–H groups in total. The van der Waals surface area contributed by atoms with Crippen LogP contribution >= 0.6 is 27.5 Å². The summed E-state index contributed by atoms with van der Waals surface area (Å²) in [4.78, 5) is 28.4. The third-order valence-electron chi connectivity index (χ3n) is 4.11. The first-order valence-electron chi connectivity index (χ1n) is 8.97. The lowest BCUT2D eigenvalue weighted by Gasteiger charge is -2.20. The Morgan fingerprint density at radius 1 is 1.30 bits per heavy atom. The number of ether oxygens (including phenoxy) is 1. The second kappa shape index (κ2) is 8.57. The Kier molecular flexibility index (Phi) is 6.28. The standard InChI is InChI=1S/C21H19BrClN3O4/c1-21(2,3)20-25-16-6-5-13(22)9-14(16)19(29)26(20)24-10-12-4-7-17(15(23)8-12)30-11-18(27)28/h4-10H,11H2,1-3H3,(H,27,28). The van der Waals surface area contributed by atoms with Gasteiger partial charge in [0.2, 0.25) is 0 Å². The molecule has 0 aliphatic carbocycles. The van der Waals surface area contributed by atoms with Crippen LogP contribution in [0.4, 0.5) is 0 Å². The molecule has 0 atom stereocenters. The highest BCUT2D eigenvalue weighted by Gasteiger charge is 2.22. The van der Waals surface area contributed by atoms with E-state index in [0.29, 0.717) is 22.3 Å². The predicted molar refractivity (Wildman–Crippen MR) is 120 cm³/mol. The Morgan fingerprint density at radius 2 is 2.03 bits per heavy atom. The number of fused-ring (bicyclic) bond motifs is 1. The summed E-state index contributed by atoms with van der Waals surface area (Å²) >= 11 is 9.54. The molecule has 1 heterocycles. The van der Waals surface area contributed by atoms with Gasteiger partial charge in [-0.05, 0) is 42.0 Å². The third-order valence-corrected chi connectivity index (χ3v) is 4.90. The molecule has 3 rings (SSSR count). The summed E-state index contributed by atoms with van der Waals surface area (Å²) in [5.74, 6) is -0.326. The van der Waals surface area contributed by atoms with Gasteiger partial charge in [0.25, 0.3) is 5.56 Å². The lowest BCUT2D eigenvalue weighted by Crippen LogP contribution is -2.29. The molecule has 0 radical (unpaired) electrons. The molecule has 0 aliphatic rings. The second-order valence-electron chi connectivity index (χ2n) is 7.58. The maximum absolute atomic E-state index is 13.1. The summed E-state index contributed by atoms with van der Waals surface area (Å²) in [6.07, 6.45) is 1.50. The van der Waals surface area contributed by atoms with Gasteiger partial charge in [0.05, 0.1) is 22.1 Å². The molecular formula is C21H19BrClN3O4. The first kappa shape index (κ1) is 22.0. The molecular weight excluding hydrogens is 474 g/mol. The highest BCUT2D eigenvalue weighted by atomic mass is 79.9. The number of aliphatic carboxylic acids is 1. The minimum Gasteiger partial charge on any atom is -0.480 e. The Hall–Kier alpha value is -2.71. The molecule has 3 aromatic rings. The molecule has 0 amide bonds. The summed E-state index contributed by atoms with van der Waals surface area (Å²) in [7, 11) is 0. The van der Waals surface area contributed by atoms with Crippen molar-refractivity contribution in [1.82, 2.24) is 9.66 Å². The van der Waals surface area contributed by atoms with Gasteiger partial charge in [0.15, 0.2) is 6.61 Å². The molecule has 0 saturated carbocycles. The Balaban J connectivity index is 2.05. The van der Waals surface area contributed by atoms with Gasteiger partial charge in [-0.2, -0.15) is 9.78 Å². The van der Waals surface area contributed by atoms with E-state index in [4.69, 9.17) is 21.4 Å². The number of aromatic nitrogens is 2. The molecule has 2 aromatic carbocycles. The van der Waals surface area contributed by atoms with Crippen molar-refractivity contribution in [1.29, 1.82) is 0 Å². The molecule has 0 aliphatic heterocycles. The highest BCUT2D eigenvalue weighted by Crippen LogP contribution is 2.25. The number of hydrogen-bond donors (Lipinski definition) is 1. The number of carboxylic acid groups (broad SMARTS) is 1. The van der Waals surface area contributed by atoms with Crippen molar-refractivity contribution in [3.05, 3.63) is 67.6 Å². The average Bonchev–Trinajstić information content (AvgIpc) is 2.66. The van der Waals surface area contributed by atoms with Crippen LogP contribution in [0, 0.1) is 0 Å². The van der Waals surface area contributed by atoms with Crippen LogP contribution in [0.1, 0.15) is 32.2 Å². The first-order valence-corrected chi connectivity index (χ1v) is 10.1. The van der Waals surface area contributed by atoms with Gasteiger partial charge in [-0.3, -0.25) is 4.79 Å². The van der Waals surface area contributed by atoms with E-state index < -0.39 is 18.0 Å². The van der Waals surface area contributed by atoms with Crippen LogP contribution in [0.25, 0.3) is 10.9 Å². The second-order valence-corrected chi connectivity index (χ2v) is 8.90. The van der Waals surface area contributed by atoms with E-state index in [-0.39, 0.29) is 16.3 Å². The fourth-order valence-corrected chi connectivity index (χ4v) is 3.32. The Bertz CT molecular complexity index is 1220. The van der Waals surface area contributed by atoms with Gasteiger partial charge in [-0.15, -0.1) is 0 Å². The topological polar surface area (TPSA) is 93.8 Å². The summed E-state index contributed by atoms with van der Waals surface area (Å²) in [6.45, 7) is 5.38.